The summed E-state index contributed by atoms with van der Waals surface area (Å²) in [5, 5.41) is 3.07. The molecule has 0 aliphatic carbocycles. The largest absolute Gasteiger partial charge is 0.481 e. The maximum Gasteiger partial charge on any atom is 0.328 e. The number of anilines is 1. The van der Waals surface area contributed by atoms with Crippen molar-refractivity contribution in [2.45, 2.75) is 26.3 Å². The van der Waals surface area contributed by atoms with Crippen LogP contribution in [0.25, 0.3) is 0 Å². The average molecular weight is 238 g/mol. The van der Waals surface area contributed by atoms with Crippen molar-refractivity contribution >= 4 is 11.7 Å². The highest BCUT2D eigenvalue weighted by Crippen LogP contribution is 2.13. The number of aromatic nitrogens is 1. The number of ether oxygens (including phenoxy) is 2. The van der Waals surface area contributed by atoms with Gasteiger partial charge in [-0.1, -0.05) is 6.92 Å². The Morgan fingerprint density at radius 3 is 2.71 bits per heavy atom. The Balaban J connectivity index is 2.63. The normalized spacial score (nSPS) is 11.7. The van der Waals surface area contributed by atoms with E-state index in [-0.39, 0.29) is 12.0 Å². The van der Waals surface area contributed by atoms with E-state index in [2.05, 4.69) is 10.3 Å². The summed E-state index contributed by atoms with van der Waals surface area (Å²) in [7, 11) is 1.56. The Labute approximate surface area is 101 Å². The van der Waals surface area contributed by atoms with E-state index in [1.54, 1.807) is 26.3 Å². The fourth-order valence-electron chi connectivity index (χ4n) is 1.36. The molecule has 5 heteroatoms. The van der Waals surface area contributed by atoms with E-state index in [0.717, 1.165) is 5.69 Å². The molecular formula is C12H18N2O3. The minimum absolute atomic E-state index is 0.245. The zero-order chi connectivity index (χ0) is 12.7. The third-order valence-corrected chi connectivity index (χ3v) is 2.27. The molecule has 17 heavy (non-hydrogen) atoms. The first-order valence-corrected chi connectivity index (χ1v) is 5.64. The quantitative estimate of drug-likeness (QED) is 0.766. The number of esters is 1. The first-order chi connectivity index (χ1) is 8.21. The van der Waals surface area contributed by atoms with E-state index in [1.165, 1.54) is 0 Å². The lowest BCUT2D eigenvalue weighted by molar-refractivity contribution is -0.144. The number of pyridine rings is 1. The van der Waals surface area contributed by atoms with Crippen molar-refractivity contribution < 1.29 is 14.3 Å². The molecule has 5 nitrogen and oxygen atoms in total. The molecule has 0 aliphatic rings. The Hall–Kier alpha value is -1.78. The van der Waals surface area contributed by atoms with Crippen LogP contribution in [0.2, 0.25) is 0 Å². The van der Waals surface area contributed by atoms with Crippen molar-refractivity contribution in [1.29, 1.82) is 0 Å². The molecule has 1 aromatic heterocycles. The van der Waals surface area contributed by atoms with Gasteiger partial charge in [0.1, 0.15) is 6.04 Å². The maximum atomic E-state index is 11.6. The van der Waals surface area contributed by atoms with Gasteiger partial charge in [0.2, 0.25) is 5.88 Å². The molecule has 1 aromatic rings. The summed E-state index contributed by atoms with van der Waals surface area (Å²) in [6.45, 7) is 4.10. The summed E-state index contributed by atoms with van der Waals surface area (Å²) < 4.78 is 9.92. The van der Waals surface area contributed by atoms with E-state index in [9.17, 15) is 4.79 Å². The average Bonchev–Trinajstić information content (AvgIpc) is 2.37. The van der Waals surface area contributed by atoms with Crippen molar-refractivity contribution in [1.82, 2.24) is 4.98 Å². The van der Waals surface area contributed by atoms with Gasteiger partial charge in [0.05, 0.1) is 25.6 Å². The van der Waals surface area contributed by atoms with Crippen LogP contribution in [-0.4, -0.2) is 30.7 Å². The van der Waals surface area contributed by atoms with Crippen LogP contribution in [0.15, 0.2) is 18.3 Å². The molecule has 1 heterocycles. The summed E-state index contributed by atoms with van der Waals surface area (Å²) in [6.07, 6.45) is 2.28. The summed E-state index contributed by atoms with van der Waals surface area (Å²) in [5.74, 6) is 0.297. The molecule has 0 amide bonds. The second-order valence-electron chi connectivity index (χ2n) is 3.45. The molecule has 0 radical (unpaired) electrons. The van der Waals surface area contributed by atoms with Crippen LogP contribution in [0.1, 0.15) is 20.3 Å². The van der Waals surface area contributed by atoms with Gasteiger partial charge >= 0.3 is 5.97 Å². The molecule has 1 rings (SSSR count). The van der Waals surface area contributed by atoms with Crippen LogP contribution >= 0.6 is 0 Å². The SMILES string of the molecule is CCOC(=O)C(CC)Nc1ccc(OC)nc1. The van der Waals surface area contributed by atoms with Gasteiger partial charge in [-0.25, -0.2) is 9.78 Å². The monoisotopic (exact) mass is 238 g/mol. The predicted octanol–water partition coefficient (Wildman–Crippen LogP) is 1.84. The van der Waals surface area contributed by atoms with Crippen molar-refractivity contribution in [2.24, 2.45) is 0 Å². The van der Waals surface area contributed by atoms with E-state index in [1.807, 2.05) is 13.0 Å². The molecule has 0 saturated heterocycles. The summed E-state index contributed by atoms with van der Waals surface area (Å²) >= 11 is 0. The Kier molecular flexibility index (Phi) is 5.26. The third kappa shape index (κ3) is 3.94. The molecule has 0 fully saturated rings. The fourth-order valence-corrected chi connectivity index (χ4v) is 1.36. The molecule has 0 spiro atoms. The molecule has 1 atom stereocenters. The van der Waals surface area contributed by atoms with Crippen molar-refractivity contribution in [3.63, 3.8) is 0 Å². The minimum Gasteiger partial charge on any atom is -0.481 e. The lowest BCUT2D eigenvalue weighted by Gasteiger charge is -2.16. The molecule has 1 unspecified atom stereocenters. The smallest absolute Gasteiger partial charge is 0.328 e. The van der Waals surface area contributed by atoms with Gasteiger partial charge in [-0.05, 0) is 19.4 Å². The Morgan fingerprint density at radius 2 is 2.24 bits per heavy atom. The van der Waals surface area contributed by atoms with Gasteiger partial charge in [0, 0.05) is 6.07 Å². The van der Waals surface area contributed by atoms with E-state index < -0.39 is 0 Å². The third-order valence-electron chi connectivity index (χ3n) is 2.27. The zero-order valence-corrected chi connectivity index (χ0v) is 10.4. The molecule has 0 aromatic carbocycles. The molecule has 0 bridgehead atoms. The predicted molar refractivity (Wildman–Crippen MR) is 65.1 cm³/mol. The van der Waals surface area contributed by atoms with Crippen molar-refractivity contribution in [2.75, 3.05) is 19.0 Å². The summed E-state index contributed by atoms with van der Waals surface area (Å²) in [4.78, 5) is 15.6. The van der Waals surface area contributed by atoms with E-state index >= 15 is 0 Å². The molecule has 0 saturated carbocycles. The van der Waals surface area contributed by atoms with Gasteiger partial charge in [-0.3, -0.25) is 0 Å². The highest BCUT2D eigenvalue weighted by atomic mass is 16.5. The highest BCUT2D eigenvalue weighted by molar-refractivity contribution is 5.79. The number of nitrogens with zero attached hydrogens (tertiary/aromatic N) is 1. The number of methoxy groups -OCH3 is 1. The van der Waals surface area contributed by atoms with Crippen molar-refractivity contribution in [3.05, 3.63) is 18.3 Å². The summed E-state index contributed by atoms with van der Waals surface area (Å²) in [5.41, 5.74) is 0.769. The zero-order valence-electron chi connectivity index (χ0n) is 10.4. The number of carbonyl (C=O) groups excluding carboxylic acids is 1. The maximum absolute atomic E-state index is 11.6. The number of hydrogen-bond donors (Lipinski definition) is 1. The standard InChI is InChI=1S/C12H18N2O3/c1-4-10(12(15)17-5-2)14-9-6-7-11(16-3)13-8-9/h6-8,10,14H,4-5H2,1-3H3. The highest BCUT2D eigenvalue weighted by Gasteiger charge is 2.17. The van der Waals surface area contributed by atoms with Crippen LogP contribution in [0.3, 0.4) is 0 Å². The van der Waals surface area contributed by atoms with Gasteiger partial charge in [-0.2, -0.15) is 0 Å². The summed E-state index contributed by atoms with van der Waals surface area (Å²) in [6, 6.07) is 3.21. The fraction of sp³-hybridized carbons (Fsp3) is 0.500. The number of carbonyl (C=O) groups is 1. The van der Waals surface area contributed by atoms with E-state index in [0.29, 0.717) is 18.9 Å². The lowest BCUT2D eigenvalue weighted by atomic mass is 10.2. The van der Waals surface area contributed by atoms with Crippen LogP contribution < -0.4 is 10.1 Å². The minimum atomic E-state index is -0.342. The van der Waals surface area contributed by atoms with Crippen LogP contribution in [-0.2, 0) is 9.53 Å². The second-order valence-corrected chi connectivity index (χ2v) is 3.45. The Morgan fingerprint density at radius 1 is 1.47 bits per heavy atom. The van der Waals surface area contributed by atoms with Crippen LogP contribution in [0.4, 0.5) is 5.69 Å². The number of rotatable bonds is 6. The van der Waals surface area contributed by atoms with Crippen LogP contribution in [0, 0.1) is 0 Å². The van der Waals surface area contributed by atoms with E-state index in [4.69, 9.17) is 9.47 Å². The topological polar surface area (TPSA) is 60.5 Å². The first kappa shape index (κ1) is 13.3. The first-order valence-electron chi connectivity index (χ1n) is 5.64. The molecule has 94 valence electrons. The van der Waals surface area contributed by atoms with Crippen LogP contribution in [0.5, 0.6) is 5.88 Å². The van der Waals surface area contributed by atoms with Gasteiger partial charge in [-0.15, -0.1) is 0 Å². The van der Waals surface area contributed by atoms with Gasteiger partial charge < -0.3 is 14.8 Å². The number of nitrogens with one attached hydrogen (secondary N) is 1. The van der Waals surface area contributed by atoms with Gasteiger partial charge in [0.25, 0.3) is 0 Å². The van der Waals surface area contributed by atoms with Gasteiger partial charge in [0.15, 0.2) is 0 Å². The molecule has 1 N–H and O–H groups in total. The molecular weight excluding hydrogens is 220 g/mol. The van der Waals surface area contributed by atoms with Crippen molar-refractivity contribution in [3.8, 4) is 5.88 Å². The lowest BCUT2D eigenvalue weighted by Crippen LogP contribution is -2.30. The number of hydrogen-bond acceptors (Lipinski definition) is 5. The molecule has 0 aliphatic heterocycles. The Bertz CT molecular complexity index is 351. The second kappa shape index (κ2) is 6.73.